The van der Waals surface area contributed by atoms with E-state index in [2.05, 4.69) is 0 Å². The molecular weight excluding hydrogens is 190 g/mol. The Morgan fingerprint density at radius 2 is 2.08 bits per heavy atom. The minimum atomic E-state index is -3.38. The van der Waals surface area contributed by atoms with Gasteiger partial charge in [0.15, 0.2) is 0 Å². The summed E-state index contributed by atoms with van der Waals surface area (Å²) in [7, 11) is -3.38. The highest BCUT2D eigenvalue weighted by Gasteiger charge is 2.49. The minimum Gasteiger partial charge on any atom is -0.377 e. The van der Waals surface area contributed by atoms with Crippen LogP contribution in [-0.2, 0) is 14.8 Å². The zero-order valence-corrected chi connectivity index (χ0v) is 8.35. The van der Waals surface area contributed by atoms with Gasteiger partial charge >= 0.3 is 0 Å². The molecule has 0 aromatic rings. The molecule has 0 amide bonds. The van der Waals surface area contributed by atoms with E-state index in [1.807, 2.05) is 0 Å². The van der Waals surface area contributed by atoms with Crippen LogP contribution in [0.25, 0.3) is 0 Å². The Balaban J connectivity index is 2.06. The average Bonchev–Trinajstić information content (AvgIpc) is 2.25. The molecule has 2 N–H and O–H groups in total. The summed E-state index contributed by atoms with van der Waals surface area (Å²) < 4.78 is 27.3. The van der Waals surface area contributed by atoms with E-state index in [-0.39, 0.29) is 17.3 Å². The van der Waals surface area contributed by atoms with Gasteiger partial charge in [-0.1, -0.05) is 6.42 Å². The van der Waals surface area contributed by atoms with Crippen molar-refractivity contribution in [3.8, 4) is 0 Å². The maximum absolute atomic E-state index is 10.9. The number of ether oxygens (including phenoxy) is 1. The van der Waals surface area contributed by atoms with E-state index in [0.717, 1.165) is 19.3 Å². The predicted octanol–water partition coefficient (Wildman–Crippen LogP) is 0.234. The molecule has 1 aliphatic carbocycles. The van der Waals surface area contributed by atoms with Crippen LogP contribution in [0.3, 0.4) is 0 Å². The van der Waals surface area contributed by atoms with Crippen molar-refractivity contribution in [3.63, 3.8) is 0 Å². The molecule has 1 aliphatic heterocycles. The lowest BCUT2D eigenvalue weighted by Crippen LogP contribution is -2.42. The highest BCUT2D eigenvalue weighted by molar-refractivity contribution is 7.89. The van der Waals surface area contributed by atoms with E-state index in [1.165, 1.54) is 6.42 Å². The van der Waals surface area contributed by atoms with Crippen molar-refractivity contribution in [2.75, 3.05) is 12.4 Å². The lowest BCUT2D eigenvalue weighted by atomic mass is 9.65. The molecule has 1 saturated heterocycles. The number of sulfonamides is 1. The first-order chi connectivity index (χ1) is 6.02. The maximum atomic E-state index is 10.9. The van der Waals surface area contributed by atoms with Crippen LogP contribution in [0, 0.1) is 5.41 Å². The fourth-order valence-corrected chi connectivity index (χ4v) is 3.25. The van der Waals surface area contributed by atoms with Crippen molar-refractivity contribution in [1.29, 1.82) is 0 Å². The largest absolute Gasteiger partial charge is 0.377 e. The van der Waals surface area contributed by atoms with Gasteiger partial charge in [-0.05, 0) is 24.7 Å². The minimum absolute atomic E-state index is 0.00694. The van der Waals surface area contributed by atoms with Crippen LogP contribution in [0.4, 0.5) is 0 Å². The van der Waals surface area contributed by atoms with Gasteiger partial charge in [0.1, 0.15) is 0 Å². The van der Waals surface area contributed by atoms with E-state index >= 15 is 0 Å². The molecule has 13 heavy (non-hydrogen) atoms. The molecule has 5 heteroatoms. The SMILES string of the molecule is NS(=O)(=O)CC1OCCC12CCC2. The second kappa shape index (κ2) is 2.93. The Kier molecular flexibility index (Phi) is 2.13. The van der Waals surface area contributed by atoms with E-state index in [9.17, 15) is 8.42 Å². The zero-order chi connectivity index (χ0) is 9.53. The second-order valence-electron chi connectivity index (χ2n) is 4.15. The Morgan fingerprint density at radius 1 is 1.38 bits per heavy atom. The van der Waals surface area contributed by atoms with Crippen molar-refractivity contribution < 1.29 is 13.2 Å². The van der Waals surface area contributed by atoms with Crippen molar-refractivity contribution in [3.05, 3.63) is 0 Å². The fraction of sp³-hybridized carbons (Fsp3) is 1.00. The van der Waals surface area contributed by atoms with E-state index in [4.69, 9.17) is 9.88 Å². The molecule has 1 unspecified atom stereocenters. The van der Waals surface area contributed by atoms with E-state index in [1.54, 1.807) is 0 Å². The summed E-state index contributed by atoms with van der Waals surface area (Å²) in [6.45, 7) is 0.695. The van der Waals surface area contributed by atoms with Crippen LogP contribution in [0.2, 0.25) is 0 Å². The number of hydrogen-bond acceptors (Lipinski definition) is 3. The lowest BCUT2D eigenvalue weighted by molar-refractivity contribution is 0.0193. The Hall–Kier alpha value is -0.130. The molecule has 0 aromatic heterocycles. The van der Waals surface area contributed by atoms with Gasteiger partial charge in [-0.25, -0.2) is 13.6 Å². The topological polar surface area (TPSA) is 69.4 Å². The van der Waals surface area contributed by atoms with Crippen LogP contribution < -0.4 is 5.14 Å². The molecule has 1 spiro atoms. The molecule has 2 fully saturated rings. The summed E-state index contributed by atoms with van der Waals surface area (Å²) in [5.74, 6) is -0.00694. The Bertz CT molecular complexity index is 295. The normalized spacial score (nSPS) is 31.9. The van der Waals surface area contributed by atoms with Gasteiger partial charge in [0.25, 0.3) is 0 Å². The molecule has 2 rings (SSSR count). The lowest BCUT2D eigenvalue weighted by Gasteiger charge is -2.41. The number of primary sulfonamides is 1. The Labute approximate surface area is 78.5 Å². The Morgan fingerprint density at radius 3 is 2.54 bits per heavy atom. The average molecular weight is 205 g/mol. The second-order valence-corrected chi connectivity index (χ2v) is 5.81. The highest BCUT2D eigenvalue weighted by Crippen LogP contribution is 2.51. The quantitative estimate of drug-likeness (QED) is 0.701. The molecule has 4 nitrogen and oxygen atoms in total. The molecule has 0 bridgehead atoms. The molecule has 0 radical (unpaired) electrons. The summed E-state index contributed by atoms with van der Waals surface area (Å²) in [5.41, 5.74) is 0.159. The molecule has 1 heterocycles. The number of rotatable bonds is 2. The third kappa shape index (κ3) is 1.73. The highest BCUT2D eigenvalue weighted by atomic mass is 32.2. The molecular formula is C8H15NO3S. The van der Waals surface area contributed by atoms with Crippen LogP contribution in [0.5, 0.6) is 0 Å². The van der Waals surface area contributed by atoms with Crippen molar-refractivity contribution >= 4 is 10.0 Å². The van der Waals surface area contributed by atoms with Crippen molar-refractivity contribution in [1.82, 2.24) is 0 Å². The maximum Gasteiger partial charge on any atom is 0.211 e. The van der Waals surface area contributed by atoms with Crippen LogP contribution >= 0.6 is 0 Å². The van der Waals surface area contributed by atoms with Gasteiger partial charge in [-0.3, -0.25) is 0 Å². The van der Waals surface area contributed by atoms with Crippen LogP contribution in [0.1, 0.15) is 25.7 Å². The standard InChI is InChI=1S/C8H15NO3S/c9-13(10,11)6-7-8(2-1-3-8)4-5-12-7/h7H,1-6H2,(H2,9,10,11). The molecule has 1 atom stereocenters. The van der Waals surface area contributed by atoms with Gasteiger partial charge in [-0.15, -0.1) is 0 Å². The zero-order valence-electron chi connectivity index (χ0n) is 7.53. The molecule has 0 aromatic carbocycles. The summed E-state index contributed by atoms with van der Waals surface area (Å²) in [6.07, 6.45) is 4.27. The summed E-state index contributed by atoms with van der Waals surface area (Å²) in [6, 6.07) is 0. The summed E-state index contributed by atoms with van der Waals surface area (Å²) in [4.78, 5) is 0. The first-order valence-electron chi connectivity index (χ1n) is 4.64. The predicted molar refractivity (Wildman–Crippen MR) is 48.6 cm³/mol. The first-order valence-corrected chi connectivity index (χ1v) is 6.36. The van der Waals surface area contributed by atoms with Gasteiger partial charge in [0, 0.05) is 6.61 Å². The number of hydrogen-bond donors (Lipinski definition) is 1. The monoisotopic (exact) mass is 205 g/mol. The fourth-order valence-electron chi connectivity index (χ4n) is 2.38. The first kappa shape index (κ1) is 9.43. The van der Waals surface area contributed by atoms with Gasteiger partial charge in [-0.2, -0.15) is 0 Å². The van der Waals surface area contributed by atoms with Crippen LogP contribution in [0.15, 0.2) is 0 Å². The van der Waals surface area contributed by atoms with Crippen molar-refractivity contribution in [2.45, 2.75) is 31.8 Å². The van der Waals surface area contributed by atoms with Gasteiger partial charge in [0.05, 0.1) is 11.9 Å². The number of nitrogens with two attached hydrogens (primary N) is 1. The van der Waals surface area contributed by atoms with Gasteiger partial charge < -0.3 is 4.74 Å². The van der Waals surface area contributed by atoms with Crippen molar-refractivity contribution in [2.24, 2.45) is 10.6 Å². The smallest absolute Gasteiger partial charge is 0.211 e. The molecule has 2 aliphatic rings. The summed E-state index contributed by atoms with van der Waals surface area (Å²) in [5, 5.41) is 5.01. The van der Waals surface area contributed by atoms with E-state index in [0.29, 0.717) is 6.61 Å². The summed E-state index contributed by atoms with van der Waals surface area (Å²) >= 11 is 0. The third-order valence-electron chi connectivity index (χ3n) is 3.34. The van der Waals surface area contributed by atoms with Gasteiger partial charge in [0.2, 0.25) is 10.0 Å². The van der Waals surface area contributed by atoms with Crippen LogP contribution in [-0.4, -0.2) is 26.9 Å². The third-order valence-corrected chi connectivity index (χ3v) is 4.10. The van der Waals surface area contributed by atoms with E-state index < -0.39 is 10.0 Å². The molecule has 1 saturated carbocycles. The molecule has 76 valence electrons.